The Labute approximate surface area is 274 Å². The van der Waals surface area contributed by atoms with Crippen LogP contribution in [-0.2, 0) is 36.1 Å². The molecule has 252 valence electrons. The smallest absolute Gasteiger partial charge is 0.362 e. The number of piperidine rings is 1. The van der Waals surface area contributed by atoms with Crippen molar-refractivity contribution in [1.82, 2.24) is 34.7 Å². The average molecular weight is 702 g/mol. The Bertz CT molecular complexity index is 1930. The zero-order valence-electron chi connectivity index (χ0n) is 24.5. The first-order chi connectivity index (χ1) is 22.9. The lowest BCUT2D eigenvalue weighted by molar-refractivity contribution is -0.152. The number of carboxylic acid groups (broad SMARTS) is 1. The van der Waals surface area contributed by atoms with Crippen molar-refractivity contribution in [3.63, 3.8) is 0 Å². The predicted molar refractivity (Wildman–Crippen MR) is 164 cm³/mol. The second-order valence-corrected chi connectivity index (χ2v) is 13.6. The van der Waals surface area contributed by atoms with Gasteiger partial charge in [-0.3, -0.25) is 23.8 Å². The molecule has 0 spiro atoms. The molecular weight excluding hydrogens is 674 g/mol. The maximum atomic E-state index is 13.4. The normalized spacial score (nSPS) is 27.9. The minimum atomic E-state index is -4.98. The van der Waals surface area contributed by atoms with Gasteiger partial charge in [-0.2, -0.15) is 13.5 Å². The number of nitrogens with one attached hydrogen (secondary N) is 2. The van der Waals surface area contributed by atoms with E-state index in [4.69, 9.17) is 26.0 Å². The van der Waals surface area contributed by atoms with Gasteiger partial charge in [0.2, 0.25) is 0 Å². The molecule has 8 N–H and O–H groups in total. The minimum Gasteiger partial charge on any atom is -0.489 e. The molecule has 3 aliphatic heterocycles. The molecule has 22 heteroatoms. The summed E-state index contributed by atoms with van der Waals surface area (Å²) >= 11 is 0.942. The summed E-state index contributed by atoms with van der Waals surface area (Å²) in [5, 5.41) is 24.5. The number of aliphatic imine (C=N–C) groups is 1. The molecule has 8 rings (SSSR count). The number of nitrogens with two attached hydrogens (primary N) is 2. The van der Waals surface area contributed by atoms with E-state index >= 15 is 0 Å². The number of hydrogen-bond acceptors (Lipinski definition) is 15. The summed E-state index contributed by atoms with van der Waals surface area (Å²) in [6.45, 7) is 0.169. The monoisotopic (exact) mass is 701 g/mol. The maximum Gasteiger partial charge on any atom is 0.362 e. The number of nitrogen functional groups attached to an aromatic ring is 1. The van der Waals surface area contributed by atoms with Gasteiger partial charge in [-0.05, 0) is 24.3 Å². The standard InChI is InChI=1S/C26H27N11O9S2/c27-21(34-26-13-5-30-20(26)17(13)26)11-1-3-12(4-2-11)45-7-16(24(40)41)46-35-18(14-8-47-25(28)32-14)22(38)33-19-15(6-36-10-29-9-31-36)37(23(19)39)48(42,43)44/h1-4,8-10,13,15-17,19-20,30H,5-7H2,(H2,27,34)(H2,28,32)(H,33,38)(H,40,41)(H,42,43,44). The van der Waals surface area contributed by atoms with Crippen molar-refractivity contribution in [2.24, 2.45) is 27.7 Å². The molecule has 2 amide bonds. The summed E-state index contributed by atoms with van der Waals surface area (Å²) in [6.07, 6.45) is 0.701. The molecule has 2 aromatic heterocycles. The Kier molecular flexibility index (Phi) is 7.53. The van der Waals surface area contributed by atoms with Gasteiger partial charge in [-0.1, -0.05) is 5.16 Å². The molecule has 0 radical (unpaired) electrons. The number of nitrogens with zero attached hydrogens (tertiary/aromatic N) is 7. The fraction of sp³-hybridized carbons (Fsp3) is 0.385. The number of fused-ring (bicyclic) bond motifs is 1. The van der Waals surface area contributed by atoms with Crippen LogP contribution < -0.4 is 26.8 Å². The van der Waals surface area contributed by atoms with E-state index in [-0.39, 0.29) is 27.2 Å². The van der Waals surface area contributed by atoms with Gasteiger partial charge in [0.05, 0.1) is 18.1 Å². The number of carbonyl (C=O) groups excluding carboxylic acids is 2. The highest BCUT2D eigenvalue weighted by atomic mass is 32.2. The van der Waals surface area contributed by atoms with Crippen LogP contribution in [0.1, 0.15) is 11.3 Å². The van der Waals surface area contributed by atoms with Crippen LogP contribution in [0.25, 0.3) is 0 Å². The van der Waals surface area contributed by atoms with E-state index in [1.54, 1.807) is 24.3 Å². The molecule has 2 bridgehead atoms. The molecule has 2 aliphatic carbocycles. The van der Waals surface area contributed by atoms with Crippen molar-refractivity contribution >= 4 is 56.1 Å². The molecule has 3 aromatic rings. The number of hydrogen-bond donors (Lipinski definition) is 6. The minimum absolute atomic E-state index is 0.0387. The second kappa shape index (κ2) is 11.5. The molecule has 20 nitrogen and oxygen atoms in total. The highest BCUT2D eigenvalue weighted by Gasteiger charge is 2.91. The van der Waals surface area contributed by atoms with E-state index < -0.39 is 58.6 Å². The quantitative estimate of drug-likeness (QED) is 0.0331. The highest BCUT2D eigenvalue weighted by molar-refractivity contribution is 7.84. The number of amidine groups is 1. The highest BCUT2D eigenvalue weighted by Crippen LogP contribution is 2.77. The van der Waals surface area contributed by atoms with Crippen molar-refractivity contribution in [3.8, 4) is 5.75 Å². The van der Waals surface area contributed by atoms with Crippen LogP contribution in [0.4, 0.5) is 5.13 Å². The number of aromatic nitrogens is 4. The average Bonchev–Trinajstić information content (AvgIpc) is 3.48. The van der Waals surface area contributed by atoms with E-state index in [2.05, 4.69) is 30.9 Å². The van der Waals surface area contributed by atoms with Crippen molar-refractivity contribution in [1.29, 1.82) is 0 Å². The lowest BCUT2D eigenvalue weighted by Crippen LogP contribution is -2.73. The zero-order chi connectivity index (χ0) is 34.0. The topological polar surface area (TPSA) is 292 Å². The number of benzene rings is 1. The number of oxime groups is 1. The van der Waals surface area contributed by atoms with Gasteiger partial charge < -0.3 is 36.8 Å². The van der Waals surface area contributed by atoms with E-state index in [0.717, 1.165) is 17.9 Å². The summed E-state index contributed by atoms with van der Waals surface area (Å²) in [5.74, 6) is -1.85. The first-order valence-electron chi connectivity index (χ1n) is 14.3. The Morgan fingerprint density at radius 1 is 1.29 bits per heavy atom. The van der Waals surface area contributed by atoms with Crippen LogP contribution in [0.5, 0.6) is 5.75 Å². The van der Waals surface area contributed by atoms with E-state index in [1.807, 2.05) is 0 Å². The molecule has 2 saturated carbocycles. The van der Waals surface area contributed by atoms with E-state index in [0.29, 0.717) is 35.0 Å². The summed E-state index contributed by atoms with van der Waals surface area (Å²) in [6, 6.07) is 4.25. The summed E-state index contributed by atoms with van der Waals surface area (Å²) < 4.78 is 40.2. The van der Waals surface area contributed by atoms with E-state index in [9.17, 15) is 32.5 Å². The number of β-lactam (4-membered cyclic amide) rings is 1. The van der Waals surface area contributed by atoms with Crippen LogP contribution in [0.3, 0.4) is 0 Å². The van der Waals surface area contributed by atoms with Crippen LogP contribution in [0.15, 0.2) is 52.4 Å². The maximum absolute atomic E-state index is 13.4. The molecule has 5 fully saturated rings. The van der Waals surface area contributed by atoms with Crippen molar-refractivity contribution in [3.05, 3.63) is 53.6 Å². The van der Waals surface area contributed by atoms with Gasteiger partial charge >= 0.3 is 16.3 Å². The number of carbonyl (C=O) groups is 3. The van der Waals surface area contributed by atoms with Crippen LogP contribution >= 0.6 is 11.3 Å². The number of carboxylic acids is 1. The van der Waals surface area contributed by atoms with Gasteiger partial charge in [-0.25, -0.2) is 19.1 Å². The van der Waals surface area contributed by atoms with Crippen LogP contribution in [0.2, 0.25) is 0 Å². The Balaban J connectivity index is 1.03. The fourth-order valence-electron chi connectivity index (χ4n) is 6.22. The molecule has 5 aliphatic rings. The molecule has 1 aromatic carbocycles. The second-order valence-electron chi connectivity index (χ2n) is 11.4. The number of anilines is 1. The Morgan fingerprint density at radius 2 is 2.06 bits per heavy atom. The summed E-state index contributed by atoms with van der Waals surface area (Å²) in [7, 11) is -4.98. The van der Waals surface area contributed by atoms with Crippen molar-refractivity contribution in [2.45, 2.75) is 36.3 Å². The number of amides is 2. The lowest BCUT2D eigenvalue weighted by atomic mass is 9.98. The number of rotatable bonds is 14. The summed E-state index contributed by atoms with van der Waals surface area (Å²) in [5.41, 5.74) is 11.9. The summed E-state index contributed by atoms with van der Waals surface area (Å²) in [4.78, 5) is 55.7. The molecule has 3 saturated heterocycles. The van der Waals surface area contributed by atoms with Crippen molar-refractivity contribution in [2.75, 3.05) is 18.9 Å². The molecule has 5 heterocycles. The lowest BCUT2D eigenvalue weighted by Gasteiger charge is -2.43. The Morgan fingerprint density at radius 3 is 2.65 bits per heavy atom. The molecular formula is C26H27N11O9S2. The van der Waals surface area contributed by atoms with E-state index in [1.165, 1.54) is 22.7 Å². The van der Waals surface area contributed by atoms with Crippen molar-refractivity contribution < 1.29 is 42.0 Å². The van der Waals surface area contributed by atoms with Gasteiger partial charge in [0.15, 0.2) is 10.8 Å². The zero-order valence-corrected chi connectivity index (χ0v) is 26.1. The molecule has 7 unspecified atom stereocenters. The van der Waals surface area contributed by atoms with Gasteiger partial charge in [-0.15, -0.1) is 11.3 Å². The number of thiazole rings is 1. The third kappa shape index (κ3) is 5.46. The fourth-order valence-corrected chi connectivity index (χ4v) is 7.64. The van der Waals surface area contributed by atoms with Gasteiger partial charge in [0, 0.05) is 35.4 Å². The predicted octanol–water partition coefficient (Wildman–Crippen LogP) is -2.56. The SMILES string of the molecule is NC(=NC12C3CNC1C32)c1ccc(OCC(ON=C(C(=O)NC2C(=O)N(S(=O)(=O)O)C2Cn2cncn2)c2csc(N)n2)C(=O)O)cc1. The first kappa shape index (κ1) is 31.4. The molecule has 7 atom stereocenters. The Hall–Kier alpha value is -5.19. The van der Waals surface area contributed by atoms with Crippen LogP contribution in [0, 0.1) is 11.8 Å². The largest absolute Gasteiger partial charge is 0.489 e. The van der Waals surface area contributed by atoms with Crippen LogP contribution in [-0.4, -0.2) is 114 Å². The molecule has 48 heavy (non-hydrogen) atoms. The third-order valence-corrected chi connectivity index (χ3v) is 10.3. The third-order valence-electron chi connectivity index (χ3n) is 8.70. The first-order valence-corrected chi connectivity index (χ1v) is 16.6. The number of ether oxygens (including phenoxy) is 1. The van der Waals surface area contributed by atoms with Gasteiger partial charge in [0.1, 0.15) is 42.6 Å². The number of aliphatic carboxylic acids is 1. The van der Waals surface area contributed by atoms with Gasteiger partial charge in [0.25, 0.3) is 17.9 Å².